The molecular weight excluding hydrogens is 190 g/mol. The van der Waals surface area contributed by atoms with Crippen molar-refractivity contribution in [1.29, 1.82) is 0 Å². The molecule has 0 bridgehead atoms. The molecule has 0 saturated carbocycles. The zero-order chi connectivity index (χ0) is 10.3. The van der Waals surface area contributed by atoms with Crippen LogP contribution in [0.3, 0.4) is 0 Å². The summed E-state index contributed by atoms with van der Waals surface area (Å²) in [6.07, 6.45) is 1.15. The summed E-state index contributed by atoms with van der Waals surface area (Å²) < 4.78 is 5.40. The Labute approximate surface area is 89.1 Å². The minimum atomic E-state index is 0.495. The van der Waals surface area contributed by atoms with Crippen LogP contribution in [0.2, 0.25) is 0 Å². The van der Waals surface area contributed by atoms with Gasteiger partial charge in [-0.2, -0.15) is 0 Å². The Bertz CT molecular complexity index is 386. The van der Waals surface area contributed by atoms with Crippen molar-refractivity contribution >= 4 is 0 Å². The van der Waals surface area contributed by atoms with Crippen LogP contribution in [0.4, 0.5) is 0 Å². The van der Waals surface area contributed by atoms with Gasteiger partial charge in [-0.1, -0.05) is 0 Å². The maximum atomic E-state index is 5.40. The molecule has 0 spiro atoms. The molecule has 4 heteroatoms. The minimum absolute atomic E-state index is 0.495. The van der Waals surface area contributed by atoms with Gasteiger partial charge in [-0.15, -0.1) is 0 Å². The van der Waals surface area contributed by atoms with Crippen LogP contribution in [0.1, 0.15) is 35.1 Å². The Morgan fingerprint density at radius 2 is 2.27 bits per heavy atom. The van der Waals surface area contributed by atoms with Gasteiger partial charge in [-0.25, -0.2) is 9.97 Å². The van der Waals surface area contributed by atoms with E-state index in [4.69, 9.17) is 4.74 Å². The second kappa shape index (κ2) is 3.54. The number of fused-ring (bicyclic) bond motifs is 1. The molecular formula is C11H15N3O. The van der Waals surface area contributed by atoms with Crippen molar-refractivity contribution in [3.63, 3.8) is 0 Å². The fourth-order valence-electron chi connectivity index (χ4n) is 2.29. The third kappa shape index (κ3) is 1.54. The molecule has 3 rings (SSSR count). The first kappa shape index (κ1) is 9.24. The normalized spacial score (nSPS) is 24.5. The number of nitrogens with zero attached hydrogens (tertiary/aromatic N) is 2. The van der Waals surface area contributed by atoms with Gasteiger partial charge in [0.15, 0.2) is 0 Å². The van der Waals surface area contributed by atoms with Crippen LogP contribution in [0.5, 0.6) is 0 Å². The van der Waals surface area contributed by atoms with Crippen molar-refractivity contribution in [2.45, 2.75) is 32.5 Å². The number of nitrogens with one attached hydrogen (secondary N) is 1. The van der Waals surface area contributed by atoms with E-state index in [0.717, 1.165) is 36.7 Å². The van der Waals surface area contributed by atoms with E-state index < -0.39 is 0 Å². The average Bonchev–Trinajstić information content (AvgIpc) is 2.88. The Kier molecular flexibility index (Phi) is 2.18. The molecule has 2 aliphatic heterocycles. The van der Waals surface area contributed by atoms with Gasteiger partial charge in [0.05, 0.1) is 18.9 Å². The van der Waals surface area contributed by atoms with Gasteiger partial charge >= 0.3 is 0 Å². The van der Waals surface area contributed by atoms with Crippen molar-refractivity contribution in [2.24, 2.45) is 0 Å². The van der Waals surface area contributed by atoms with Crippen LogP contribution in [0.25, 0.3) is 0 Å². The number of aromatic nitrogens is 2. The lowest BCUT2D eigenvalue weighted by molar-refractivity contribution is 0.133. The van der Waals surface area contributed by atoms with Gasteiger partial charge in [-0.05, 0) is 19.9 Å². The number of hydrogen-bond donors (Lipinski definition) is 1. The molecule has 0 aromatic carbocycles. The predicted octanol–water partition coefficient (Wildman–Crippen LogP) is 0.892. The van der Waals surface area contributed by atoms with Gasteiger partial charge in [-0.3, -0.25) is 0 Å². The fourth-order valence-corrected chi connectivity index (χ4v) is 2.29. The van der Waals surface area contributed by atoms with Crippen LogP contribution in [0.15, 0.2) is 0 Å². The van der Waals surface area contributed by atoms with E-state index in [9.17, 15) is 0 Å². The lowest BCUT2D eigenvalue weighted by Crippen LogP contribution is -2.12. The molecule has 3 heterocycles. The third-order valence-corrected chi connectivity index (χ3v) is 3.23. The van der Waals surface area contributed by atoms with Crippen LogP contribution < -0.4 is 5.32 Å². The molecule has 1 aromatic rings. The highest BCUT2D eigenvalue weighted by molar-refractivity contribution is 5.27. The standard InChI is InChI=1S/C11H15N3O/c1-7-9-5-15-6-10(9)14-11(13-7)8-2-3-12-4-8/h8,12H,2-6H2,1H3. The van der Waals surface area contributed by atoms with E-state index in [2.05, 4.69) is 22.2 Å². The van der Waals surface area contributed by atoms with Gasteiger partial charge in [0.2, 0.25) is 0 Å². The molecule has 1 saturated heterocycles. The highest BCUT2D eigenvalue weighted by Crippen LogP contribution is 2.25. The Hall–Kier alpha value is -1.00. The van der Waals surface area contributed by atoms with Gasteiger partial charge in [0.25, 0.3) is 0 Å². The molecule has 2 aliphatic rings. The van der Waals surface area contributed by atoms with Crippen molar-refractivity contribution in [2.75, 3.05) is 13.1 Å². The number of hydrogen-bond acceptors (Lipinski definition) is 4. The van der Waals surface area contributed by atoms with Crippen molar-refractivity contribution in [3.05, 3.63) is 22.8 Å². The summed E-state index contributed by atoms with van der Waals surface area (Å²) in [5, 5.41) is 3.35. The lowest BCUT2D eigenvalue weighted by atomic mass is 10.1. The molecule has 15 heavy (non-hydrogen) atoms. The summed E-state index contributed by atoms with van der Waals surface area (Å²) in [5.41, 5.74) is 3.40. The van der Waals surface area contributed by atoms with E-state index in [1.807, 2.05) is 0 Å². The topological polar surface area (TPSA) is 47.0 Å². The largest absolute Gasteiger partial charge is 0.370 e. The molecule has 1 unspecified atom stereocenters. The van der Waals surface area contributed by atoms with E-state index >= 15 is 0 Å². The van der Waals surface area contributed by atoms with E-state index in [1.165, 1.54) is 5.56 Å². The molecule has 80 valence electrons. The van der Waals surface area contributed by atoms with Gasteiger partial charge < -0.3 is 10.1 Å². The predicted molar refractivity (Wildman–Crippen MR) is 55.5 cm³/mol. The SMILES string of the molecule is Cc1nc(C2CCNC2)nc2c1COC2. The van der Waals surface area contributed by atoms with Crippen molar-refractivity contribution in [3.8, 4) is 0 Å². The molecule has 1 aromatic heterocycles. The molecule has 1 atom stereocenters. The average molecular weight is 205 g/mol. The van der Waals surface area contributed by atoms with Crippen molar-refractivity contribution < 1.29 is 4.74 Å². The first-order valence-electron chi connectivity index (χ1n) is 5.49. The van der Waals surface area contributed by atoms with Crippen LogP contribution in [-0.2, 0) is 18.0 Å². The molecule has 0 aliphatic carbocycles. The summed E-state index contributed by atoms with van der Waals surface area (Å²) in [5.74, 6) is 1.50. The summed E-state index contributed by atoms with van der Waals surface area (Å²) in [6.45, 7) is 5.50. The first-order valence-corrected chi connectivity index (χ1v) is 5.49. The number of aryl methyl sites for hydroxylation is 1. The Balaban J connectivity index is 1.99. The summed E-state index contributed by atoms with van der Waals surface area (Å²) in [7, 11) is 0. The van der Waals surface area contributed by atoms with Crippen LogP contribution in [-0.4, -0.2) is 23.1 Å². The molecule has 1 N–H and O–H groups in total. The molecule has 1 fully saturated rings. The molecule has 4 nitrogen and oxygen atoms in total. The first-order chi connectivity index (χ1) is 7.34. The highest BCUT2D eigenvalue weighted by Gasteiger charge is 2.23. The van der Waals surface area contributed by atoms with Crippen LogP contribution >= 0.6 is 0 Å². The van der Waals surface area contributed by atoms with Crippen molar-refractivity contribution in [1.82, 2.24) is 15.3 Å². The Morgan fingerprint density at radius 3 is 3.07 bits per heavy atom. The summed E-state index contributed by atoms with van der Waals surface area (Å²) >= 11 is 0. The number of rotatable bonds is 1. The lowest BCUT2D eigenvalue weighted by Gasteiger charge is -2.09. The fraction of sp³-hybridized carbons (Fsp3) is 0.636. The summed E-state index contributed by atoms with van der Waals surface area (Å²) in [4.78, 5) is 9.22. The summed E-state index contributed by atoms with van der Waals surface area (Å²) in [6, 6.07) is 0. The van der Waals surface area contributed by atoms with E-state index in [-0.39, 0.29) is 0 Å². The second-order valence-corrected chi connectivity index (χ2v) is 4.27. The zero-order valence-electron chi connectivity index (χ0n) is 8.92. The zero-order valence-corrected chi connectivity index (χ0v) is 8.92. The van der Waals surface area contributed by atoms with E-state index in [1.54, 1.807) is 0 Å². The van der Waals surface area contributed by atoms with E-state index in [0.29, 0.717) is 19.1 Å². The Morgan fingerprint density at radius 1 is 1.33 bits per heavy atom. The monoisotopic (exact) mass is 205 g/mol. The second-order valence-electron chi connectivity index (χ2n) is 4.27. The molecule has 0 radical (unpaired) electrons. The number of ether oxygens (including phenoxy) is 1. The smallest absolute Gasteiger partial charge is 0.133 e. The highest BCUT2D eigenvalue weighted by atomic mass is 16.5. The quantitative estimate of drug-likeness (QED) is 0.739. The van der Waals surface area contributed by atoms with Crippen LogP contribution in [0, 0.1) is 6.92 Å². The van der Waals surface area contributed by atoms with Gasteiger partial charge in [0.1, 0.15) is 5.82 Å². The maximum absolute atomic E-state index is 5.40. The minimum Gasteiger partial charge on any atom is -0.370 e. The maximum Gasteiger partial charge on any atom is 0.133 e. The van der Waals surface area contributed by atoms with Gasteiger partial charge in [0, 0.05) is 23.7 Å². The molecule has 0 amide bonds. The third-order valence-electron chi connectivity index (χ3n) is 3.23.